The van der Waals surface area contributed by atoms with Crippen LogP contribution in [-0.4, -0.2) is 46.5 Å². The number of rotatable bonds is 7. The second-order valence-electron chi connectivity index (χ2n) is 9.89. The molecule has 0 aliphatic carbocycles. The fourth-order valence-corrected chi connectivity index (χ4v) is 5.39. The SMILES string of the molecule is Cc1nc(-c2cccc(Oc3cccc(S(=O)(=O)NC(=O)c4cccnc4N4CCC(C)C4(C)C)n3)c2)no1. The van der Waals surface area contributed by atoms with Crippen molar-refractivity contribution in [3.8, 4) is 23.0 Å². The van der Waals surface area contributed by atoms with Gasteiger partial charge in [0.15, 0.2) is 5.03 Å². The third-order valence-electron chi connectivity index (χ3n) is 7.02. The zero-order chi connectivity index (χ0) is 27.8. The first kappa shape index (κ1) is 26.3. The fourth-order valence-electron chi connectivity index (χ4n) is 4.47. The lowest BCUT2D eigenvalue weighted by molar-refractivity contribution is 0.0981. The second kappa shape index (κ2) is 10.1. The third kappa shape index (κ3) is 5.32. The number of pyridine rings is 2. The number of sulfonamides is 1. The van der Waals surface area contributed by atoms with E-state index in [9.17, 15) is 13.2 Å². The van der Waals surface area contributed by atoms with Crippen molar-refractivity contribution in [3.63, 3.8) is 0 Å². The molecule has 1 aromatic carbocycles. The Labute approximate surface area is 226 Å². The van der Waals surface area contributed by atoms with Crippen LogP contribution in [0.3, 0.4) is 0 Å². The van der Waals surface area contributed by atoms with Gasteiger partial charge in [0.2, 0.25) is 17.6 Å². The monoisotopic (exact) mass is 548 g/mol. The molecule has 3 aromatic heterocycles. The minimum Gasteiger partial charge on any atom is -0.439 e. The van der Waals surface area contributed by atoms with Crippen LogP contribution in [0.15, 0.2) is 70.3 Å². The van der Waals surface area contributed by atoms with Crippen molar-refractivity contribution in [1.29, 1.82) is 0 Å². The fraction of sp³-hybridized carbons (Fsp3) is 0.296. The molecule has 1 amide bonds. The summed E-state index contributed by atoms with van der Waals surface area (Å²) in [6.45, 7) is 8.73. The topological polar surface area (TPSA) is 140 Å². The summed E-state index contributed by atoms with van der Waals surface area (Å²) >= 11 is 0. The predicted molar refractivity (Wildman–Crippen MR) is 143 cm³/mol. The van der Waals surface area contributed by atoms with Gasteiger partial charge in [-0.25, -0.2) is 9.71 Å². The van der Waals surface area contributed by atoms with Crippen molar-refractivity contribution in [1.82, 2.24) is 24.8 Å². The maximum absolute atomic E-state index is 13.2. The van der Waals surface area contributed by atoms with E-state index in [2.05, 4.69) is 50.5 Å². The Bertz CT molecular complexity index is 1630. The van der Waals surface area contributed by atoms with E-state index in [1.54, 1.807) is 49.5 Å². The summed E-state index contributed by atoms with van der Waals surface area (Å²) in [7, 11) is -4.32. The molecule has 1 fully saturated rings. The highest BCUT2D eigenvalue weighted by Gasteiger charge is 2.40. The lowest BCUT2D eigenvalue weighted by atomic mass is 9.90. The molecule has 0 spiro atoms. The van der Waals surface area contributed by atoms with Gasteiger partial charge < -0.3 is 14.2 Å². The number of anilines is 1. The van der Waals surface area contributed by atoms with Gasteiger partial charge in [0, 0.05) is 36.8 Å². The van der Waals surface area contributed by atoms with Crippen molar-refractivity contribution in [3.05, 3.63) is 72.2 Å². The summed E-state index contributed by atoms with van der Waals surface area (Å²) in [5.41, 5.74) is 0.586. The highest BCUT2D eigenvalue weighted by Crippen LogP contribution is 2.38. The highest BCUT2D eigenvalue weighted by atomic mass is 32.2. The van der Waals surface area contributed by atoms with E-state index in [4.69, 9.17) is 9.26 Å². The molecule has 4 heterocycles. The molecule has 0 bridgehead atoms. The molecular weight excluding hydrogens is 520 g/mol. The summed E-state index contributed by atoms with van der Waals surface area (Å²) in [5.74, 6) is 1.28. The molecule has 12 heteroatoms. The van der Waals surface area contributed by atoms with Gasteiger partial charge >= 0.3 is 0 Å². The Morgan fingerprint density at radius 1 is 1.13 bits per heavy atom. The lowest BCUT2D eigenvalue weighted by Gasteiger charge is -2.36. The average molecular weight is 549 g/mol. The lowest BCUT2D eigenvalue weighted by Crippen LogP contribution is -2.43. The van der Waals surface area contributed by atoms with Crippen molar-refractivity contribution in [2.24, 2.45) is 5.92 Å². The van der Waals surface area contributed by atoms with Crippen molar-refractivity contribution >= 4 is 21.7 Å². The Balaban J connectivity index is 1.36. The van der Waals surface area contributed by atoms with E-state index in [0.29, 0.717) is 41.3 Å². The molecule has 11 nitrogen and oxygen atoms in total. The normalized spacial score (nSPS) is 16.7. The van der Waals surface area contributed by atoms with Crippen LogP contribution in [0, 0.1) is 12.8 Å². The number of aryl methyl sites for hydroxylation is 1. The summed E-state index contributed by atoms with van der Waals surface area (Å²) < 4.78 is 39.3. The molecule has 1 aliphatic rings. The molecule has 4 aromatic rings. The van der Waals surface area contributed by atoms with Crippen LogP contribution in [0.5, 0.6) is 11.6 Å². The second-order valence-corrected chi connectivity index (χ2v) is 11.5. The van der Waals surface area contributed by atoms with E-state index in [1.807, 2.05) is 0 Å². The van der Waals surface area contributed by atoms with Crippen LogP contribution in [0.4, 0.5) is 5.82 Å². The molecule has 1 atom stereocenters. The minimum atomic E-state index is -4.32. The van der Waals surface area contributed by atoms with E-state index in [0.717, 1.165) is 6.42 Å². The highest BCUT2D eigenvalue weighted by molar-refractivity contribution is 7.90. The van der Waals surface area contributed by atoms with Crippen molar-refractivity contribution < 1.29 is 22.5 Å². The number of aromatic nitrogens is 4. The van der Waals surface area contributed by atoms with E-state index in [1.165, 1.54) is 18.2 Å². The Morgan fingerprint density at radius 3 is 2.64 bits per heavy atom. The summed E-state index contributed by atoms with van der Waals surface area (Å²) in [5, 5.41) is 3.53. The smallest absolute Gasteiger partial charge is 0.281 e. The standard InChI is InChI=1S/C27H28N6O5S/c1-17-13-15-33(27(17,3)4)25-21(10-7-14-28-25)26(34)32-39(35,36)23-12-6-11-22(30-23)37-20-9-5-8-19(16-20)24-29-18(2)38-31-24/h5-12,14,16-17H,13,15H2,1-4H3,(H,32,34). The average Bonchev–Trinajstić information content (AvgIpc) is 3.46. The molecule has 1 N–H and O–H groups in total. The molecule has 1 aliphatic heterocycles. The summed E-state index contributed by atoms with van der Waals surface area (Å²) in [4.78, 5) is 28.0. The van der Waals surface area contributed by atoms with Crippen LogP contribution in [0.25, 0.3) is 11.4 Å². The first-order valence-corrected chi connectivity index (χ1v) is 13.9. The number of carbonyl (C=O) groups excluding carboxylic acids is 1. The van der Waals surface area contributed by atoms with E-state index in [-0.39, 0.29) is 22.0 Å². The summed E-state index contributed by atoms with van der Waals surface area (Å²) in [6.07, 6.45) is 2.54. The number of carbonyl (C=O) groups is 1. The van der Waals surface area contributed by atoms with Gasteiger partial charge in [0.25, 0.3) is 15.9 Å². The number of nitrogens with one attached hydrogen (secondary N) is 1. The van der Waals surface area contributed by atoms with Gasteiger partial charge in [-0.15, -0.1) is 0 Å². The molecule has 1 unspecified atom stereocenters. The van der Waals surface area contributed by atoms with Crippen LogP contribution in [0.2, 0.25) is 0 Å². The molecular formula is C27H28N6O5S. The number of hydrogen-bond donors (Lipinski definition) is 1. The maximum Gasteiger partial charge on any atom is 0.281 e. The molecule has 202 valence electrons. The molecule has 39 heavy (non-hydrogen) atoms. The first-order valence-electron chi connectivity index (χ1n) is 12.4. The van der Waals surface area contributed by atoms with Gasteiger partial charge in [0.05, 0.1) is 5.56 Å². The number of benzene rings is 1. The van der Waals surface area contributed by atoms with Gasteiger partial charge in [-0.1, -0.05) is 30.3 Å². The Morgan fingerprint density at radius 2 is 1.92 bits per heavy atom. The van der Waals surface area contributed by atoms with Gasteiger partial charge in [0.1, 0.15) is 11.6 Å². The number of amides is 1. The number of nitrogens with zero attached hydrogens (tertiary/aromatic N) is 5. The van der Waals surface area contributed by atoms with E-state index < -0.39 is 15.9 Å². The van der Waals surface area contributed by atoms with Gasteiger partial charge in [-0.3, -0.25) is 4.79 Å². The first-order chi connectivity index (χ1) is 18.5. The van der Waals surface area contributed by atoms with Gasteiger partial charge in [-0.2, -0.15) is 18.4 Å². The number of ether oxygens (including phenoxy) is 1. The zero-order valence-corrected chi connectivity index (χ0v) is 22.8. The molecule has 0 saturated carbocycles. The van der Waals surface area contributed by atoms with Gasteiger partial charge in [-0.05, 0) is 56.5 Å². The van der Waals surface area contributed by atoms with Crippen LogP contribution >= 0.6 is 0 Å². The minimum absolute atomic E-state index is 0.0293. The maximum atomic E-state index is 13.2. The zero-order valence-electron chi connectivity index (χ0n) is 22.0. The van der Waals surface area contributed by atoms with Crippen LogP contribution in [-0.2, 0) is 10.0 Å². The number of hydrogen-bond acceptors (Lipinski definition) is 10. The van der Waals surface area contributed by atoms with E-state index >= 15 is 0 Å². The van der Waals surface area contributed by atoms with Crippen LogP contribution < -0.4 is 14.4 Å². The largest absolute Gasteiger partial charge is 0.439 e. The molecule has 5 rings (SSSR count). The molecule has 1 saturated heterocycles. The predicted octanol–water partition coefficient (Wildman–Crippen LogP) is 4.37. The molecule has 0 radical (unpaired) electrons. The summed E-state index contributed by atoms with van der Waals surface area (Å²) in [6, 6.07) is 14.4. The van der Waals surface area contributed by atoms with Crippen molar-refractivity contribution in [2.45, 2.75) is 44.7 Å². The van der Waals surface area contributed by atoms with Crippen LogP contribution in [0.1, 0.15) is 43.4 Å². The Kier molecular flexibility index (Phi) is 6.81. The van der Waals surface area contributed by atoms with Crippen molar-refractivity contribution in [2.75, 3.05) is 11.4 Å². The quantitative estimate of drug-likeness (QED) is 0.354. The Hall–Kier alpha value is -4.32. The third-order valence-corrected chi connectivity index (χ3v) is 8.25.